The van der Waals surface area contributed by atoms with E-state index in [1.807, 2.05) is 56.3 Å². The molecule has 0 saturated carbocycles. The molecule has 0 spiro atoms. The lowest BCUT2D eigenvalue weighted by Gasteiger charge is -2.04. The van der Waals surface area contributed by atoms with E-state index in [0.717, 1.165) is 38.3 Å². The van der Waals surface area contributed by atoms with Gasteiger partial charge in [-0.2, -0.15) is 0 Å². The second-order valence-corrected chi connectivity index (χ2v) is 7.39. The molecule has 5 nitrogen and oxygen atoms in total. The number of rotatable bonds is 4. The molecule has 0 aliphatic carbocycles. The number of hydrogen-bond acceptors (Lipinski definition) is 5. The van der Waals surface area contributed by atoms with Crippen molar-refractivity contribution in [2.24, 2.45) is 0 Å². The first-order valence-corrected chi connectivity index (χ1v) is 9.27. The third-order valence-electron chi connectivity index (χ3n) is 4.14. The molecule has 0 amide bonds. The van der Waals surface area contributed by atoms with Crippen molar-refractivity contribution < 1.29 is 13.0 Å². The van der Waals surface area contributed by atoms with Crippen LogP contribution in [0, 0.1) is 6.92 Å². The van der Waals surface area contributed by atoms with Crippen LogP contribution in [0.4, 0.5) is 0 Å². The summed E-state index contributed by atoms with van der Waals surface area (Å²) in [6.45, 7) is 3.86. The van der Waals surface area contributed by atoms with Gasteiger partial charge in [-0.05, 0) is 42.8 Å². The Morgan fingerprint density at radius 1 is 1.08 bits per heavy atom. The second kappa shape index (κ2) is 6.29. The van der Waals surface area contributed by atoms with Crippen LogP contribution in [0.15, 0.2) is 62.6 Å². The Hall–Kier alpha value is -2.73. The lowest BCUT2D eigenvalue weighted by atomic mass is 10.0. The van der Waals surface area contributed by atoms with Gasteiger partial charge in [0.2, 0.25) is 12.3 Å². The molecule has 0 saturated heterocycles. The Kier molecular flexibility index (Phi) is 3.97. The molecule has 0 fully saturated rings. The molecular weight excluding hydrogens is 336 g/mol. The first kappa shape index (κ1) is 15.8. The predicted octanol–water partition coefficient (Wildman–Crippen LogP) is 4.59. The topological polar surface area (TPSA) is 69.1 Å². The molecule has 6 heteroatoms. The maximum Gasteiger partial charge on any atom is 0.247 e. The second-order valence-electron chi connectivity index (χ2n) is 5.65. The average Bonchev–Trinajstić information content (AvgIpc) is 3.27. The van der Waals surface area contributed by atoms with Gasteiger partial charge in [0.1, 0.15) is 11.3 Å². The molecule has 0 aliphatic rings. The fraction of sp³-hybridized carbons (Fsp3) is 0.158. The summed E-state index contributed by atoms with van der Waals surface area (Å²) in [5.74, 6) is 1.92. The van der Waals surface area contributed by atoms with Gasteiger partial charge in [0, 0.05) is 27.2 Å². The summed E-state index contributed by atoms with van der Waals surface area (Å²) in [6.07, 6.45) is 1.31. The summed E-state index contributed by atoms with van der Waals surface area (Å²) in [6, 6.07) is 13.6. The molecule has 0 N–H and O–H groups in total. The highest BCUT2D eigenvalue weighted by Crippen LogP contribution is 2.36. The highest BCUT2D eigenvalue weighted by atomic mass is 32.2. The predicted molar refractivity (Wildman–Crippen MR) is 96.6 cm³/mol. The van der Waals surface area contributed by atoms with Gasteiger partial charge in [0.05, 0.1) is 10.8 Å². The van der Waals surface area contributed by atoms with Crippen LogP contribution in [0.3, 0.4) is 0 Å². The zero-order chi connectivity index (χ0) is 17.4. The van der Waals surface area contributed by atoms with Gasteiger partial charge in [-0.1, -0.05) is 19.1 Å². The van der Waals surface area contributed by atoms with Crippen molar-refractivity contribution in [3.05, 3.63) is 54.6 Å². The Morgan fingerprint density at radius 3 is 2.52 bits per heavy atom. The SMILES string of the molecule is CCS(=O)c1ccc(-c2c(C)oc3ccc(-c4nnco4)cc23)cc1. The number of hydrogen-bond donors (Lipinski definition) is 0. The molecule has 25 heavy (non-hydrogen) atoms. The standard InChI is InChI=1S/C19H16N2O3S/c1-3-25(22)15-7-4-13(5-8-15)18-12(2)24-17-9-6-14(10-16(17)18)19-21-20-11-23-19/h4-11H,3H2,1-2H3. The molecule has 1 atom stereocenters. The van der Waals surface area contributed by atoms with E-state index in [-0.39, 0.29) is 0 Å². The van der Waals surface area contributed by atoms with E-state index in [1.54, 1.807) is 0 Å². The molecule has 0 aliphatic heterocycles. The minimum Gasteiger partial charge on any atom is -0.461 e. The van der Waals surface area contributed by atoms with E-state index in [1.165, 1.54) is 6.39 Å². The molecule has 4 aromatic rings. The zero-order valence-corrected chi connectivity index (χ0v) is 14.7. The van der Waals surface area contributed by atoms with Crippen LogP contribution >= 0.6 is 0 Å². The summed E-state index contributed by atoms with van der Waals surface area (Å²) in [7, 11) is -0.953. The lowest BCUT2D eigenvalue weighted by Crippen LogP contribution is -1.93. The largest absolute Gasteiger partial charge is 0.461 e. The number of aromatic nitrogens is 2. The number of nitrogens with zero attached hydrogens (tertiary/aromatic N) is 2. The van der Waals surface area contributed by atoms with Gasteiger partial charge in [0.25, 0.3) is 0 Å². The van der Waals surface area contributed by atoms with Crippen LogP contribution in [-0.4, -0.2) is 20.2 Å². The zero-order valence-electron chi connectivity index (χ0n) is 13.9. The smallest absolute Gasteiger partial charge is 0.247 e. The summed E-state index contributed by atoms with van der Waals surface area (Å²) in [4.78, 5) is 0.836. The monoisotopic (exact) mass is 352 g/mol. The van der Waals surface area contributed by atoms with Gasteiger partial charge >= 0.3 is 0 Å². The van der Waals surface area contributed by atoms with Crippen molar-refractivity contribution in [2.45, 2.75) is 18.7 Å². The van der Waals surface area contributed by atoms with Crippen molar-refractivity contribution in [1.29, 1.82) is 0 Å². The van der Waals surface area contributed by atoms with Crippen LogP contribution in [0.5, 0.6) is 0 Å². The summed E-state index contributed by atoms with van der Waals surface area (Å²) >= 11 is 0. The molecule has 2 aromatic carbocycles. The van der Waals surface area contributed by atoms with Gasteiger partial charge in [0.15, 0.2) is 0 Å². The van der Waals surface area contributed by atoms with E-state index < -0.39 is 10.8 Å². The van der Waals surface area contributed by atoms with E-state index in [0.29, 0.717) is 11.6 Å². The van der Waals surface area contributed by atoms with Gasteiger partial charge in [-0.15, -0.1) is 10.2 Å². The van der Waals surface area contributed by atoms with Crippen molar-refractivity contribution in [2.75, 3.05) is 5.75 Å². The quantitative estimate of drug-likeness (QED) is 0.537. The molecule has 0 radical (unpaired) electrons. The number of aryl methyl sites for hydroxylation is 1. The van der Waals surface area contributed by atoms with Crippen molar-refractivity contribution >= 4 is 21.8 Å². The minimum absolute atomic E-state index is 0.473. The molecule has 126 valence electrons. The normalized spacial score (nSPS) is 12.6. The number of furan rings is 1. The van der Waals surface area contributed by atoms with Crippen LogP contribution in [0.2, 0.25) is 0 Å². The van der Waals surface area contributed by atoms with Crippen molar-refractivity contribution in [3.8, 4) is 22.6 Å². The number of benzene rings is 2. The fourth-order valence-corrected chi connectivity index (χ4v) is 3.72. The van der Waals surface area contributed by atoms with Gasteiger partial charge in [-0.3, -0.25) is 4.21 Å². The molecule has 0 bridgehead atoms. The first-order chi connectivity index (χ1) is 12.2. The summed E-state index contributed by atoms with van der Waals surface area (Å²) < 4.78 is 23.1. The van der Waals surface area contributed by atoms with E-state index in [4.69, 9.17) is 8.83 Å². The molecule has 1 unspecified atom stereocenters. The summed E-state index contributed by atoms with van der Waals surface area (Å²) in [5, 5.41) is 8.68. The maximum absolute atomic E-state index is 11.9. The van der Waals surface area contributed by atoms with Gasteiger partial charge in [-0.25, -0.2) is 0 Å². The highest BCUT2D eigenvalue weighted by molar-refractivity contribution is 7.85. The average molecular weight is 352 g/mol. The minimum atomic E-state index is -0.953. The Bertz CT molecular complexity index is 1050. The lowest BCUT2D eigenvalue weighted by molar-refractivity contribution is 0.568. The molecule has 4 rings (SSSR count). The van der Waals surface area contributed by atoms with Gasteiger partial charge < -0.3 is 8.83 Å². The molecule has 2 aromatic heterocycles. The van der Waals surface area contributed by atoms with Crippen LogP contribution in [-0.2, 0) is 10.8 Å². The Labute approximate surface area is 147 Å². The van der Waals surface area contributed by atoms with E-state index in [9.17, 15) is 4.21 Å². The van der Waals surface area contributed by atoms with Crippen molar-refractivity contribution in [3.63, 3.8) is 0 Å². The summed E-state index contributed by atoms with van der Waals surface area (Å²) in [5.41, 5.74) is 3.69. The van der Waals surface area contributed by atoms with Crippen LogP contribution in [0.25, 0.3) is 33.6 Å². The maximum atomic E-state index is 11.9. The van der Waals surface area contributed by atoms with Crippen molar-refractivity contribution in [1.82, 2.24) is 10.2 Å². The Morgan fingerprint density at radius 2 is 1.84 bits per heavy atom. The molecule has 2 heterocycles. The van der Waals surface area contributed by atoms with Crippen LogP contribution < -0.4 is 0 Å². The Balaban J connectivity index is 1.84. The number of fused-ring (bicyclic) bond motifs is 1. The van der Waals surface area contributed by atoms with E-state index in [2.05, 4.69) is 10.2 Å². The fourth-order valence-electron chi connectivity index (χ4n) is 2.95. The third kappa shape index (κ3) is 2.78. The highest BCUT2D eigenvalue weighted by Gasteiger charge is 2.15. The van der Waals surface area contributed by atoms with E-state index >= 15 is 0 Å². The third-order valence-corrected chi connectivity index (χ3v) is 5.46. The molecular formula is C19H16N2O3S. The van der Waals surface area contributed by atoms with Crippen LogP contribution in [0.1, 0.15) is 12.7 Å². The first-order valence-electron chi connectivity index (χ1n) is 7.96.